The van der Waals surface area contributed by atoms with E-state index < -0.39 is 10.1 Å². The molecule has 0 bridgehead atoms. The molecule has 0 atom stereocenters. The van der Waals surface area contributed by atoms with Crippen LogP contribution < -0.4 is 0 Å². The summed E-state index contributed by atoms with van der Waals surface area (Å²) in [7, 11) is -3.85. The van der Waals surface area contributed by atoms with Crippen LogP contribution in [-0.2, 0) is 14.5 Å². The van der Waals surface area contributed by atoms with Crippen molar-refractivity contribution in [3.05, 3.63) is 0 Å². The first-order valence-electron chi connectivity index (χ1n) is 2.65. The van der Waals surface area contributed by atoms with E-state index in [2.05, 4.69) is 4.39 Å². The van der Waals surface area contributed by atoms with E-state index in [9.17, 15) is 12.9 Å². The fourth-order valence-electron chi connectivity index (χ4n) is 0.353. The second kappa shape index (κ2) is 7.14. The minimum Gasteiger partial charge on any atom is -0.197 e. The van der Waals surface area contributed by atoms with E-state index >= 15 is 0 Å². The van der Waals surface area contributed by atoms with Crippen LogP contribution >= 0.6 is 0 Å². The Morgan fingerprint density at radius 2 is 2.00 bits per heavy atom. The Hall–Kier alpha value is 1.48. The van der Waals surface area contributed by atoms with Crippen LogP contribution in [0.2, 0.25) is 0 Å². The molecular weight excluding hydrogens is 186 g/mol. The first-order valence-corrected chi connectivity index (χ1v) is 4.23. The molecule has 0 aromatic heterocycles. The number of rotatable bonds is 4. The van der Waals surface area contributed by atoms with Crippen molar-refractivity contribution in [2.45, 2.75) is 19.8 Å². The van der Waals surface area contributed by atoms with Gasteiger partial charge in [-0.05, 0) is 10.9 Å². The Morgan fingerprint density at radius 3 is 2.30 bits per heavy atom. The molecule has 1 radical (unpaired) electrons. The summed E-state index contributed by atoms with van der Waals surface area (Å²) in [5, 5.41) is 0. The molecule has 0 unspecified atom stereocenters. The molecule has 0 amide bonds. The number of hydrogen-bond acceptors (Lipinski definition) is 3. The zero-order valence-electron chi connectivity index (χ0n) is 6.13. The predicted molar refractivity (Wildman–Crippen MR) is 36.6 cm³/mol. The van der Waals surface area contributed by atoms with E-state index in [4.69, 9.17) is 0 Å². The van der Waals surface area contributed by atoms with Crippen LogP contribution in [0.5, 0.6) is 0 Å². The Labute approximate surface area is 103 Å². The average Bonchev–Trinajstić information content (AvgIpc) is 1.84. The van der Waals surface area contributed by atoms with Crippen molar-refractivity contribution in [2.75, 3.05) is 5.75 Å². The molecule has 0 saturated heterocycles. The second-order valence-electron chi connectivity index (χ2n) is 1.68. The zero-order valence-corrected chi connectivity index (χ0v) is 10.1. The molecule has 6 heteroatoms. The van der Waals surface area contributed by atoms with Crippen molar-refractivity contribution in [3.8, 4) is 0 Å². The maximum Gasteiger partial charge on any atom is 0.297 e. The van der Waals surface area contributed by atoms with Crippen LogP contribution in [0.25, 0.3) is 0 Å². The number of unbranched alkanes of at least 4 members (excludes halogenated alkanes) is 1. The SMILES string of the molecule is CCCCS(=O)(=O)OF.[K]. The summed E-state index contributed by atoms with van der Waals surface area (Å²) < 4.78 is 34.0. The molecule has 0 heterocycles. The molecule has 0 aliphatic rings. The van der Waals surface area contributed by atoms with Crippen LogP contribution in [0.1, 0.15) is 19.8 Å². The second-order valence-corrected chi connectivity index (χ2v) is 3.33. The minimum atomic E-state index is -3.85. The largest absolute Gasteiger partial charge is 0.297 e. The maximum absolute atomic E-state index is 11.0. The van der Waals surface area contributed by atoms with Crippen molar-refractivity contribution >= 4 is 61.5 Å². The van der Waals surface area contributed by atoms with Crippen LogP contribution in [0, 0.1) is 0 Å². The molecule has 0 aromatic carbocycles. The molecule has 0 rings (SSSR count). The molecule has 0 aliphatic carbocycles. The van der Waals surface area contributed by atoms with Crippen molar-refractivity contribution in [3.63, 3.8) is 0 Å². The van der Waals surface area contributed by atoms with Gasteiger partial charge in [0.15, 0.2) is 0 Å². The van der Waals surface area contributed by atoms with E-state index in [0.717, 1.165) is 0 Å². The Morgan fingerprint density at radius 1 is 1.50 bits per heavy atom. The van der Waals surface area contributed by atoms with Gasteiger partial charge in [0.05, 0.1) is 5.75 Å². The van der Waals surface area contributed by atoms with Crippen LogP contribution in [-0.4, -0.2) is 65.6 Å². The van der Waals surface area contributed by atoms with E-state index in [-0.39, 0.29) is 57.1 Å². The zero-order chi connectivity index (χ0) is 7.33. The number of hydrogen-bond donors (Lipinski definition) is 0. The third-order valence-electron chi connectivity index (χ3n) is 0.844. The smallest absolute Gasteiger partial charge is 0.197 e. The fraction of sp³-hybridized carbons (Fsp3) is 1.00. The molecule has 3 nitrogen and oxygen atoms in total. The van der Waals surface area contributed by atoms with Gasteiger partial charge < -0.3 is 0 Å². The van der Waals surface area contributed by atoms with Gasteiger partial charge in [0, 0.05) is 51.4 Å². The number of halogens is 1. The molecule has 0 saturated carbocycles. The summed E-state index contributed by atoms with van der Waals surface area (Å²) in [5.41, 5.74) is 0. The summed E-state index contributed by atoms with van der Waals surface area (Å²) in [6.07, 6.45) is 1.15. The molecular formula is C4H9FKO3S. The van der Waals surface area contributed by atoms with Crippen LogP contribution in [0.3, 0.4) is 0 Å². The summed E-state index contributed by atoms with van der Waals surface area (Å²) in [5.74, 6) is -0.236. The van der Waals surface area contributed by atoms with Crippen molar-refractivity contribution in [1.82, 2.24) is 0 Å². The third-order valence-corrected chi connectivity index (χ3v) is 1.82. The average molecular weight is 195 g/mol. The maximum atomic E-state index is 11.0. The van der Waals surface area contributed by atoms with Gasteiger partial charge in [-0.15, -0.1) is 0 Å². The molecule has 0 N–H and O–H groups in total. The third kappa shape index (κ3) is 7.58. The molecule has 0 fully saturated rings. The van der Waals surface area contributed by atoms with Gasteiger partial charge in [-0.3, -0.25) is 0 Å². The normalized spacial score (nSPS) is 10.6. The molecule has 10 heavy (non-hydrogen) atoms. The molecule has 0 spiro atoms. The molecule has 0 aliphatic heterocycles. The molecule has 0 aromatic rings. The van der Waals surface area contributed by atoms with Crippen LogP contribution in [0.15, 0.2) is 0 Å². The van der Waals surface area contributed by atoms with Gasteiger partial charge in [0.1, 0.15) is 0 Å². The van der Waals surface area contributed by atoms with Gasteiger partial charge >= 0.3 is 0 Å². The molecule has 57 valence electrons. The quantitative estimate of drug-likeness (QED) is 0.618. The first-order chi connectivity index (χ1) is 4.12. The van der Waals surface area contributed by atoms with Gasteiger partial charge in [-0.25, -0.2) is 0 Å². The fourth-order valence-corrected chi connectivity index (χ4v) is 1.06. The van der Waals surface area contributed by atoms with Crippen molar-refractivity contribution < 1.29 is 17.3 Å². The summed E-state index contributed by atoms with van der Waals surface area (Å²) in [6.45, 7) is 1.81. The minimum absolute atomic E-state index is 0. The first kappa shape index (κ1) is 14.0. The summed E-state index contributed by atoms with van der Waals surface area (Å²) >= 11 is 0. The van der Waals surface area contributed by atoms with E-state index in [1.807, 2.05) is 6.92 Å². The van der Waals surface area contributed by atoms with Gasteiger partial charge in [-0.1, -0.05) is 17.7 Å². The Bertz CT molecular complexity index is 156. The van der Waals surface area contributed by atoms with Gasteiger partial charge in [0.2, 0.25) is 0 Å². The predicted octanol–water partition coefficient (Wildman–Crippen LogP) is 0.637. The van der Waals surface area contributed by atoms with Gasteiger partial charge in [-0.2, -0.15) is 8.42 Å². The van der Waals surface area contributed by atoms with Crippen molar-refractivity contribution in [1.29, 1.82) is 0 Å². The van der Waals surface area contributed by atoms with Crippen molar-refractivity contribution in [2.24, 2.45) is 0 Å². The van der Waals surface area contributed by atoms with E-state index in [0.29, 0.717) is 12.8 Å². The van der Waals surface area contributed by atoms with Crippen LogP contribution in [0.4, 0.5) is 4.53 Å². The summed E-state index contributed by atoms with van der Waals surface area (Å²) in [4.78, 5) is 0. The van der Waals surface area contributed by atoms with Gasteiger partial charge in [0.25, 0.3) is 10.1 Å². The topological polar surface area (TPSA) is 43.4 Å². The van der Waals surface area contributed by atoms with E-state index in [1.54, 1.807) is 0 Å². The Balaban J connectivity index is 0. The monoisotopic (exact) mass is 195 g/mol. The van der Waals surface area contributed by atoms with E-state index in [1.165, 1.54) is 0 Å². The summed E-state index contributed by atoms with van der Waals surface area (Å²) in [6, 6.07) is 0. The Kier molecular flexibility index (Phi) is 10.0. The standard InChI is InChI=1S/C4H9FO3S.K/c1-2-3-4-9(6,7)8-5;/h2-4H2,1H3;.